The van der Waals surface area contributed by atoms with E-state index in [4.69, 9.17) is 19.2 Å². The van der Waals surface area contributed by atoms with E-state index in [2.05, 4.69) is 10.4 Å². The van der Waals surface area contributed by atoms with Gasteiger partial charge >= 0.3 is 5.97 Å². The number of hydrogen-bond acceptors (Lipinski definition) is 8. The second-order valence-electron chi connectivity index (χ2n) is 12.3. The molecule has 3 aromatic rings. The number of aromatic nitrogens is 3. The fourth-order valence-electron chi connectivity index (χ4n) is 5.99. The van der Waals surface area contributed by atoms with Crippen LogP contribution in [0.5, 0.6) is 11.5 Å². The lowest BCUT2D eigenvalue weighted by Gasteiger charge is -2.33. The van der Waals surface area contributed by atoms with E-state index >= 15 is 4.39 Å². The first-order valence-corrected chi connectivity index (χ1v) is 14.7. The van der Waals surface area contributed by atoms with E-state index in [1.807, 2.05) is 26.8 Å². The first kappa shape index (κ1) is 30.3. The normalized spacial score (nSPS) is 18.4. The quantitative estimate of drug-likeness (QED) is 0.324. The van der Waals surface area contributed by atoms with E-state index in [1.165, 1.54) is 0 Å². The molecule has 0 unspecified atom stereocenters. The predicted octanol–water partition coefficient (Wildman–Crippen LogP) is 5.50. The van der Waals surface area contributed by atoms with E-state index in [-0.39, 0.29) is 60.3 Å². The van der Waals surface area contributed by atoms with Crippen LogP contribution in [0.25, 0.3) is 11.3 Å². The van der Waals surface area contributed by atoms with Crippen LogP contribution in [0, 0.1) is 11.7 Å². The number of anilines is 1. The number of amides is 1. The molecule has 0 bridgehead atoms. The third kappa shape index (κ3) is 6.60. The predicted molar refractivity (Wildman–Crippen MR) is 159 cm³/mol. The van der Waals surface area contributed by atoms with Crippen molar-refractivity contribution in [2.75, 3.05) is 19.5 Å². The average molecular weight is 594 g/mol. The van der Waals surface area contributed by atoms with E-state index in [9.17, 15) is 9.59 Å². The van der Waals surface area contributed by atoms with Crippen LogP contribution in [0.4, 0.5) is 10.2 Å². The second kappa shape index (κ2) is 12.2. The molecule has 230 valence electrons. The van der Waals surface area contributed by atoms with Crippen molar-refractivity contribution in [3.63, 3.8) is 0 Å². The molecule has 3 heterocycles. The van der Waals surface area contributed by atoms with Gasteiger partial charge in [-0.2, -0.15) is 5.10 Å². The van der Waals surface area contributed by atoms with Crippen LogP contribution < -0.4 is 14.8 Å². The molecular weight excluding hydrogens is 553 g/mol. The van der Waals surface area contributed by atoms with Crippen molar-refractivity contribution in [2.24, 2.45) is 13.0 Å². The molecule has 5 rings (SSSR count). The third-order valence-corrected chi connectivity index (χ3v) is 8.00. The minimum atomic E-state index is -0.574. The molecule has 10 nitrogen and oxygen atoms in total. The SMILES string of the molecule is COc1ccc(CN2Cc3c(F)c(N[C@H]4CCCC[C@H]4CC(=O)OC(C)(C)C)nc(-c4cnn(C)c4)c3C2=O)c(OC)c1. The maximum Gasteiger partial charge on any atom is 0.306 e. The number of halogens is 1. The minimum Gasteiger partial charge on any atom is -0.497 e. The average Bonchev–Trinajstić information content (AvgIpc) is 3.53. The zero-order valence-electron chi connectivity index (χ0n) is 25.7. The number of ether oxygens (including phenoxy) is 3. The Hall–Kier alpha value is -4.15. The lowest BCUT2D eigenvalue weighted by molar-refractivity contribution is -0.156. The summed E-state index contributed by atoms with van der Waals surface area (Å²) in [7, 11) is 4.91. The highest BCUT2D eigenvalue weighted by Gasteiger charge is 2.37. The molecule has 1 fully saturated rings. The van der Waals surface area contributed by atoms with Crippen molar-refractivity contribution in [3.05, 3.63) is 53.1 Å². The van der Waals surface area contributed by atoms with Crippen molar-refractivity contribution in [3.8, 4) is 22.8 Å². The third-order valence-electron chi connectivity index (χ3n) is 8.00. The number of rotatable bonds is 9. The Kier molecular flexibility index (Phi) is 8.62. The zero-order valence-corrected chi connectivity index (χ0v) is 25.7. The molecule has 2 atom stereocenters. The first-order chi connectivity index (χ1) is 20.5. The topological polar surface area (TPSA) is 108 Å². The van der Waals surface area contributed by atoms with Gasteiger partial charge in [0.25, 0.3) is 5.91 Å². The van der Waals surface area contributed by atoms with Gasteiger partial charge in [-0.15, -0.1) is 0 Å². The highest BCUT2D eigenvalue weighted by Crippen LogP contribution is 2.39. The molecule has 2 aromatic heterocycles. The van der Waals surface area contributed by atoms with Crippen LogP contribution in [0.3, 0.4) is 0 Å². The molecule has 1 saturated carbocycles. The summed E-state index contributed by atoms with van der Waals surface area (Å²) < 4.78 is 34.4. The monoisotopic (exact) mass is 593 g/mol. The summed E-state index contributed by atoms with van der Waals surface area (Å²) in [6, 6.07) is 5.23. The largest absolute Gasteiger partial charge is 0.497 e. The Morgan fingerprint density at radius 3 is 2.60 bits per heavy atom. The van der Waals surface area contributed by atoms with Gasteiger partial charge in [0.2, 0.25) is 0 Å². The Balaban J connectivity index is 1.47. The molecule has 11 heteroatoms. The summed E-state index contributed by atoms with van der Waals surface area (Å²) in [5, 5.41) is 7.61. The van der Waals surface area contributed by atoms with E-state index in [1.54, 1.807) is 55.4 Å². The van der Waals surface area contributed by atoms with Crippen molar-refractivity contribution in [1.29, 1.82) is 0 Å². The van der Waals surface area contributed by atoms with Crippen LogP contribution in [-0.4, -0.2) is 57.4 Å². The second-order valence-corrected chi connectivity index (χ2v) is 12.3. The molecule has 0 saturated heterocycles. The van der Waals surface area contributed by atoms with E-state index in [0.717, 1.165) is 31.2 Å². The summed E-state index contributed by atoms with van der Waals surface area (Å²) >= 11 is 0. The summed E-state index contributed by atoms with van der Waals surface area (Å²) in [6.45, 7) is 5.84. The summed E-state index contributed by atoms with van der Waals surface area (Å²) in [4.78, 5) is 32.8. The van der Waals surface area contributed by atoms with Crippen molar-refractivity contribution < 1.29 is 28.2 Å². The number of methoxy groups -OCH3 is 2. The number of aryl methyl sites for hydroxylation is 1. The molecule has 1 amide bonds. The number of carbonyl (C=O) groups excluding carboxylic acids is 2. The zero-order chi connectivity index (χ0) is 30.9. The van der Waals surface area contributed by atoms with E-state index < -0.39 is 11.4 Å². The van der Waals surface area contributed by atoms with Crippen LogP contribution in [0.15, 0.2) is 30.6 Å². The maximum atomic E-state index is 16.3. The summed E-state index contributed by atoms with van der Waals surface area (Å²) in [5.41, 5.74) is 1.71. The van der Waals surface area contributed by atoms with Gasteiger partial charge in [0, 0.05) is 48.6 Å². The lowest BCUT2D eigenvalue weighted by Crippen LogP contribution is -2.36. The number of nitrogens with one attached hydrogen (secondary N) is 1. The van der Waals surface area contributed by atoms with Crippen LogP contribution >= 0.6 is 0 Å². The van der Waals surface area contributed by atoms with Crippen molar-refractivity contribution in [2.45, 2.75) is 77.6 Å². The number of hydrogen-bond donors (Lipinski definition) is 1. The molecule has 1 N–H and O–H groups in total. The van der Waals surface area contributed by atoms with Crippen LogP contribution in [0.2, 0.25) is 0 Å². The standard InChI is InChI=1S/C32H40FN5O5/c1-32(2,3)43-26(39)13-19-9-7-8-10-24(19)35-30-28(33)23-18-38(17-20-11-12-22(41-5)14-25(20)42-6)31(40)27(23)29(36-30)21-15-34-37(4)16-21/h11-12,14-16,19,24H,7-10,13,17-18H2,1-6H3,(H,35,36)/t19-,24-/m0/s1. The number of esters is 1. The Morgan fingerprint density at radius 2 is 1.93 bits per heavy atom. The highest BCUT2D eigenvalue weighted by molar-refractivity contribution is 6.04. The van der Waals surface area contributed by atoms with Gasteiger partial charge in [0.05, 0.1) is 44.6 Å². The number of benzene rings is 1. The lowest BCUT2D eigenvalue weighted by atomic mass is 9.82. The Bertz CT molecular complexity index is 1510. The number of carbonyl (C=O) groups is 2. The highest BCUT2D eigenvalue weighted by atomic mass is 19.1. The summed E-state index contributed by atoms with van der Waals surface area (Å²) in [5.74, 6) is 0.127. The molecule has 1 aliphatic heterocycles. The van der Waals surface area contributed by atoms with Crippen LogP contribution in [-0.2, 0) is 29.7 Å². The fourth-order valence-corrected chi connectivity index (χ4v) is 5.99. The van der Waals surface area contributed by atoms with Crippen molar-refractivity contribution >= 4 is 17.7 Å². The van der Waals surface area contributed by atoms with Gasteiger partial charge in [-0.1, -0.05) is 12.8 Å². The molecule has 0 spiro atoms. The Morgan fingerprint density at radius 1 is 1.16 bits per heavy atom. The smallest absolute Gasteiger partial charge is 0.306 e. The Labute approximate surface area is 251 Å². The van der Waals surface area contributed by atoms with Gasteiger partial charge in [-0.3, -0.25) is 14.3 Å². The van der Waals surface area contributed by atoms with Gasteiger partial charge in [-0.25, -0.2) is 9.37 Å². The maximum absolute atomic E-state index is 16.3. The van der Waals surface area contributed by atoms with E-state index in [0.29, 0.717) is 22.8 Å². The number of pyridine rings is 1. The van der Waals surface area contributed by atoms with Crippen LogP contribution in [0.1, 0.15) is 74.4 Å². The first-order valence-electron chi connectivity index (χ1n) is 14.7. The molecule has 0 radical (unpaired) electrons. The number of fused-ring (bicyclic) bond motifs is 1. The molecule has 43 heavy (non-hydrogen) atoms. The van der Waals surface area contributed by atoms with Gasteiger partial charge < -0.3 is 24.4 Å². The van der Waals surface area contributed by atoms with Gasteiger partial charge in [-0.05, 0) is 51.7 Å². The molecule has 2 aliphatic rings. The van der Waals surface area contributed by atoms with Gasteiger partial charge in [0.15, 0.2) is 11.6 Å². The number of nitrogens with zero attached hydrogens (tertiary/aromatic N) is 4. The molecular formula is C32H40FN5O5. The minimum absolute atomic E-state index is 0.0273. The van der Waals surface area contributed by atoms with Gasteiger partial charge in [0.1, 0.15) is 17.1 Å². The molecule has 1 aromatic carbocycles. The fraction of sp³-hybridized carbons (Fsp3) is 0.500. The summed E-state index contributed by atoms with van der Waals surface area (Å²) in [6.07, 6.45) is 7.18. The van der Waals surface area contributed by atoms with Crippen molar-refractivity contribution in [1.82, 2.24) is 19.7 Å². The molecule has 1 aliphatic carbocycles.